The minimum absolute atomic E-state index is 0.162. The summed E-state index contributed by atoms with van der Waals surface area (Å²) in [6, 6.07) is 10.2. The lowest BCUT2D eigenvalue weighted by Gasteiger charge is -2.19. The molecule has 27 heavy (non-hydrogen) atoms. The van der Waals surface area contributed by atoms with Gasteiger partial charge in [0.15, 0.2) is 5.82 Å². The Labute approximate surface area is 161 Å². The average Bonchev–Trinajstić information content (AvgIpc) is 3.06. The zero-order valence-electron chi connectivity index (χ0n) is 15.1. The van der Waals surface area contributed by atoms with Gasteiger partial charge in [-0.25, -0.2) is 14.4 Å². The first kappa shape index (κ1) is 17.8. The molecule has 0 bridgehead atoms. The Morgan fingerprint density at radius 2 is 1.93 bits per heavy atom. The van der Waals surface area contributed by atoms with E-state index in [1.165, 1.54) is 12.1 Å². The molecule has 0 aliphatic carbocycles. The Morgan fingerprint density at radius 1 is 1.15 bits per heavy atom. The van der Waals surface area contributed by atoms with Crippen molar-refractivity contribution in [1.29, 1.82) is 0 Å². The predicted octanol–water partition coefficient (Wildman–Crippen LogP) is 3.82. The summed E-state index contributed by atoms with van der Waals surface area (Å²) >= 11 is 1.61. The molecule has 4 rings (SSSR count). The van der Waals surface area contributed by atoms with Crippen LogP contribution in [0.3, 0.4) is 0 Å². The van der Waals surface area contributed by atoms with Crippen LogP contribution in [0.15, 0.2) is 41.8 Å². The fourth-order valence-electron chi connectivity index (χ4n) is 3.44. The number of benzene rings is 1. The van der Waals surface area contributed by atoms with Gasteiger partial charge in [0.05, 0.1) is 6.42 Å². The van der Waals surface area contributed by atoms with Crippen LogP contribution in [0, 0.1) is 12.7 Å². The molecule has 3 aromatic rings. The second-order valence-electron chi connectivity index (χ2n) is 6.70. The first-order chi connectivity index (χ1) is 13.1. The van der Waals surface area contributed by atoms with E-state index >= 15 is 0 Å². The molecular formula is C21H20FN3OS. The number of halogens is 1. The summed E-state index contributed by atoms with van der Waals surface area (Å²) in [5, 5.41) is 2.00. The monoisotopic (exact) mass is 381 g/mol. The Kier molecular flexibility index (Phi) is 4.99. The minimum atomic E-state index is -0.273. The molecule has 1 amide bonds. The minimum Gasteiger partial charge on any atom is -0.342 e. The van der Waals surface area contributed by atoms with Gasteiger partial charge in [0.1, 0.15) is 5.82 Å². The van der Waals surface area contributed by atoms with E-state index in [4.69, 9.17) is 4.98 Å². The Hall–Kier alpha value is -2.60. The van der Waals surface area contributed by atoms with E-state index in [1.54, 1.807) is 23.5 Å². The van der Waals surface area contributed by atoms with Gasteiger partial charge in [-0.05, 0) is 54.6 Å². The number of fused-ring (bicyclic) bond motifs is 1. The van der Waals surface area contributed by atoms with E-state index in [9.17, 15) is 9.18 Å². The maximum absolute atomic E-state index is 13.2. The first-order valence-electron chi connectivity index (χ1n) is 9.02. The highest BCUT2D eigenvalue weighted by atomic mass is 32.1. The molecule has 3 heterocycles. The fraction of sp³-hybridized carbons (Fsp3) is 0.286. The van der Waals surface area contributed by atoms with Crippen LogP contribution in [0.4, 0.5) is 4.39 Å². The van der Waals surface area contributed by atoms with Crippen LogP contribution in [-0.4, -0.2) is 33.9 Å². The van der Waals surface area contributed by atoms with Crippen LogP contribution in [-0.2, 0) is 24.1 Å². The van der Waals surface area contributed by atoms with Crippen molar-refractivity contribution >= 4 is 17.2 Å². The first-order valence-corrected chi connectivity index (χ1v) is 9.90. The lowest BCUT2D eigenvalue weighted by Crippen LogP contribution is -2.34. The number of hydrogen-bond acceptors (Lipinski definition) is 4. The molecule has 0 saturated heterocycles. The molecule has 1 aromatic carbocycles. The van der Waals surface area contributed by atoms with Gasteiger partial charge in [-0.1, -0.05) is 6.07 Å². The van der Waals surface area contributed by atoms with E-state index in [-0.39, 0.29) is 11.7 Å². The van der Waals surface area contributed by atoms with Gasteiger partial charge in [0, 0.05) is 41.3 Å². The van der Waals surface area contributed by atoms with Crippen molar-refractivity contribution < 1.29 is 9.18 Å². The Bertz CT molecular complexity index is 954. The third-order valence-electron chi connectivity index (χ3n) is 4.91. The van der Waals surface area contributed by atoms with E-state index < -0.39 is 0 Å². The highest BCUT2D eigenvalue weighted by molar-refractivity contribution is 7.10. The number of thiophene rings is 1. The number of rotatable bonds is 3. The maximum Gasteiger partial charge on any atom is 0.227 e. The van der Waals surface area contributed by atoms with Gasteiger partial charge in [-0.2, -0.15) is 0 Å². The Balaban J connectivity index is 1.54. The van der Waals surface area contributed by atoms with Crippen molar-refractivity contribution in [3.63, 3.8) is 0 Å². The topological polar surface area (TPSA) is 46.1 Å². The van der Waals surface area contributed by atoms with Crippen molar-refractivity contribution in [3.05, 3.63) is 69.4 Å². The number of carbonyl (C=O) groups excluding carboxylic acids is 1. The van der Waals surface area contributed by atoms with Crippen LogP contribution < -0.4 is 0 Å². The molecule has 0 fully saturated rings. The van der Waals surface area contributed by atoms with Crippen molar-refractivity contribution in [3.8, 4) is 11.4 Å². The van der Waals surface area contributed by atoms with E-state index in [0.29, 0.717) is 31.8 Å². The number of aryl methyl sites for hydroxylation is 1. The Morgan fingerprint density at radius 3 is 2.67 bits per heavy atom. The second kappa shape index (κ2) is 7.56. The smallest absolute Gasteiger partial charge is 0.227 e. The molecule has 4 nitrogen and oxygen atoms in total. The van der Waals surface area contributed by atoms with Gasteiger partial charge < -0.3 is 4.90 Å². The standard InChI is InChI=1S/C21H20FN3OS/c1-14-18-8-10-25(20(26)13-17-3-2-12-27-17)11-9-19(18)24-21(23-14)15-4-6-16(22)7-5-15/h2-7,12H,8-11,13H2,1H3. The number of carbonyl (C=O) groups is 1. The molecule has 0 radical (unpaired) electrons. The quantitative estimate of drug-likeness (QED) is 0.693. The lowest BCUT2D eigenvalue weighted by molar-refractivity contribution is -0.130. The number of amides is 1. The lowest BCUT2D eigenvalue weighted by atomic mass is 10.1. The zero-order chi connectivity index (χ0) is 18.8. The summed E-state index contributed by atoms with van der Waals surface area (Å²) in [6.45, 7) is 3.34. The van der Waals surface area contributed by atoms with Crippen molar-refractivity contribution in [2.45, 2.75) is 26.2 Å². The van der Waals surface area contributed by atoms with Crippen LogP contribution in [0.25, 0.3) is 11.4 Å². The number of aromatic nitrogens is 2. The van der Waals surface area contributed by atoms with E-state index in [2.05, 4.69) is 4.98 Å². The summed E-state index contributed by atoms with van der Waals surface area (Å²) in [5.41, 5.74) is 3.87. The number of hydrogen-bond donors (Lipinski definition) is 0. The predicted molar refractivity (Wildman–Crippen MR) is 104 cm³/mol. The molecule has 0 saturated carbocycles. The highest BCUT2D eigenvalue weighted by Crippen LogP contribution is 2.23. The molecule has 1 aliphatic rings. The normalized spacial score (nSPS) is 13.9. The van der Waals surface area contributed by atoms with Crippen LogP contribution in [0.1, 0.15) is 21.8 Å². The molecule has 138 valence electrons. The van der Waals surface area contributed by atoms with Crippen molar-refractivity contribution in [2.24, 2.45) is 0 Å². The molecule has 0 spiro atoms. The third kappa shape index (κ3) is 3.90. The summed E-state index contributed by atoms with van der Waals surface area (Å²) in [5.74, 6) is 0.504. The molecule has 1 aliphatic heterocycles. The van der Waals surface area contributed by atoms with Gasteiger partial charge in [-0.15, -0.1) is 11.3 Å². The van der Waals surface area contributed by atoms with Crippen LogP contribution >= 0.6 is 11.3 Å². The highest BCUT2D eigenvalue weighted by Gasteiger charge is 2.22. The molecule has 2 aromatic heterocycles. The van der Waals surface area contributed by atoms with E-state index in [1.807, 2.05) is 29.3 Å². The van der Waals surface area contributed by atoms with Gasteiger partial charge in [0.25, 0.3) is 0 Å². The van der Waals surface area contributed by atoms with Crippen molar-refractivity contribution in [1.82, 2.24) is 14.9 Å². The van der Waals surface area contributed by atoms with Crippen LogP contribution in [0.2, 0.25) is 0 Å². The summed E-state index contributed by atoms with van der Waals surface area (Å²) in [7, 11) is 0. The van der Waals surface area contributed by atoms with Crippen LogP contribution in [0.5, 0.6) is 0 Å². The zero-order valence-corrected chi connectivity index (χ0v) is 15.9. The van der Waals surface area contributed by atoms with Gasteiger partial charge in [-0.3, -0.25) is 4.79 Å². The van der Waals surface area contributed by atoms with E-state index in [0.717, 1.165) is 33.8 Å². The SMILES string of the molecule is Cc1nc(-c2ccc(F)cc2)nc2c1CCN(C(=O)Cc1cccs1)CC2. The summed E-state index contributed by atoms with van der Waals surface area (Å²) < 4.78 is 13.2. The second-order valence-corrected chi connectivity index (χ2v) is 7.73. The third-order valence-corrected chi connectivity index (χ3v) is 5.79. The molecular weight excluding hydrogens is 361 g/mol. The summed E-state index contributed by atoms with van der Waals surface area (Å²) in [6.07, 6.45) is 1.93. The molecule has 0 unspecified atom stereocenters. The molecule has 0 atom stereocenters. The van der Waals surface area contributed by atoms with Gasteiger partial charge in [0.2, 0.25) is 5.91 Å². The summed E-state index contributed by atoms with van der Waals surface area (Å²) in [4.78, 5) is 25.0. The van der Waals surface area contributed by atoms with Gasteiger partial charge >= 0.3 is 0 Å². The fourth-order valence-corrected chi connectivity index (χ4v) is 4.13. The van der Waals surface area contributed by atoms with Crippen molar-refractivity contribution in [2.75, 3.05) is 13.1 Å². The number of nitrogens with zero attached hydrogens (tertiary/aromatic N) is 3. The average molecular weight is 381 g/mol. The molecule has 6 heteroatoms. The largest absolute Gasteiger partial charge is 0.342 e. The maximum atomic E-state index is 13.2. The molecule has 0 N–H and O–H groups in total.